The number of carbonyl (C=O) groups is 2. The van der Waals surface area contributed by atoms with Crippen LogP contribution in [0.4, 0.5) is 0 Å². The number of amides is 1. The monoisotopic (exact) mass is 349 g/mol. The molecule has 1 aromatic carbocycles. The second kappa shape index (κ2) is 6.55. The normalized spacial score (nSPS) is 11.9. The van der Waals surface area contributed by atoms with Gasteiger partial charge < -0.3 is 15.2 Å². The number of methoxy groups -OCH3 is 1. The predicted molar refractivity (Wildman–Crippen MR) is 69.9 cm³/mol. The maximum Gasteiger partial charge on any atom is 0.334 e. The number of nitrogens with one attached hydrogen (secondary N) is 1. The van der Waals surface area contributed by atoms with Gasteiger partial charge in [-0.15, -0.1) is 0 Å². The lowest BCUT2D eigenvalue weighted by atomic mass is 10.2. The molecule has 1 unspecified atom stereocenters. The van der Waals surface area contributed by atoms with Crippen molar-refractivity contribution in [3.8, 4) is 0 Å². The van der Waals surface area contributed by atoms with E-state index in [4.69, 9.17) is 9.84 Å². The van der Waals surface area contributed by atoms with E-state index in [1.165, 1.54) is 7.11 Å². The SMILES string of the molecule is COC(CNC(=O)c1cccc(I)c1)C(=O)O. The van der Waals surface area contributed by atoms with E-state index in [0.717, 1.165) is 3.57 Å². The van der Waals surface area contributed by atoms with Gasteiger partial charge in [-0.1, -0.05) is 6.07 Å². The molecule has 0 aliphatic heterocycles. The highest BCUT2D eigenvalue weighted by Gasteiger charge is 2.17. The summed E-state index contributed by atoms with van der Waals surface area (Å²) in [7, 11) is 1.29. The van der Waals surface area contributed by atoms with Crippen molar-refractivity contribution in [3.05, 3.63) is 33.4 Å². The minimum absolute atomic E-state index is 0.0594. The molecule has 0 saturated heterocycles. The Labute approximate surface area is 112 Å². The third kappa shape index (κ3) is 4.31. The molecule has 1 rings (SSSR count). The molecule has 0 aliphatic carbocycles. The van der Waals surface area contributed by atoms with Gasteiger partial charge in [-0.2, -0.15) is 0 Å². The van der Waals surface area contributed by atoms with Crippen molar-refractivity contribution in [2.45, 2.75) is 6.10 Å². The summed E-state index contributed by atoms with van der Waals surface area (Å²) >= 11 is 2.10. The van der Waals surface area contributed by atoms with E-state index in [9.17, 15) is 9.59 Å². The van der Waals surface area contributed by atoms with E-state index in [0.29, 0.717) is 5.56 Å². The number of hydrogen-bond donors (Lipinski definition) is 2. The van der Waals surface area contributed by atoms with Crippen molar-refractivity contribution in [2.24, 2.45) is 0 Å². The molecule has 0 aromatic heterocycles. The largest absolute Gasteiger partial charge is 0.479 e. The fourth-order valence-electron chi connectivity index (χ4n) is 1.19. The average Bonchev–Trinajstić information content (AvgIpc) is 2.29. The first-order valence-corrected chi connectivity index (χ1v) is 5.92. The van der Waals surface area contributed by atoms with Gasteiger partial charge in [0, 0.05) is 16.2 Å². The van der Waals surface area contributed by atoms with Gasteiger partial charge in [-0.25, -0.2) is 4.79 Å². The fourth-order valence-corrected chi connectivity index (χ4v) is 1.73. The maximum atomic E-state index is 11.7. The number of carboxylic acid groups (broad SMARTS) is 1. The first-order valence-electron chi connectivity index (χ1n) is 4.84. The second-order valence-electron chi connectivity index (χ2n) is 3.28. The van der Waals surface area contributed by atoms with E-state index in [-0.39, 0.29) is 12.5 Å². The number of halogens is 1. The van der Waals surface area contributed by atoms with Gasteiger partial charge in [0.25, 0.3) is 5.91 Å². The highest BCUT2D eigenvalue weighted by Crippen LogP contribution is 2.07. The zero-order valence-electron chi connectivity index (χ0n) is 9.14. The van der Waals surface area contributed by atoms with Gasteiger partial charge in [0.05, 0.1) is 6.54 Å². The van der Waals surface area contributed by atoms with Crippen molar-refractivity contribution in [1.29, 1.82) is 0 Å². The van der Waals surface area contributed by atoms with Crippen LogP contribution in [-0.4, -0.2) is 36.7 Å². The molecule has 0 spiro atoms. The molecule has 0 heterocycles. The first-order chi connectivity index (χ1) is 8.04. The van der Waals surface area contributed by atoms with Crippen LogP contribution in [0.25, 0.3) is 0 Å². The Morgan fingerprint density at radius 1 is 1.53 bits per heavy atom. The van der Waals surface area contributed by atoms with Crippen molar-refractivity contribution >= 4 is 34.5 Å². The molecule has 1 atom stereocenters. The van der Waals surface area contributed by atoms with Crippen LogP contribution in [0.2, 0.25) is 0 Å². The average molecular weight is 349 g/mol. The number of benzene rings is 1. The van der Waals surface area contributed by atoms with Gasteiger partial charge in [0.15, 0.2) is 6.10 Å². The molecule has 17 heavy (non-hydrogen) atoms. The van der Waals surface area contributed by atoms with Gasteiger partial charge in [-0.3, -0.25) is 4.79 Å². The van der Waals surface area contributed by atoms with Gasteiger partial charge in [0.2, 0.25) is 0 Å². The summed E-state index contributed by atoms with van der Waals surface area (Å²) in [6.45, 7) is -0.0594. The molecule has 0 radical (unpaired) electrons. The summed E-state index contributed by atoms with van der Waals surface area (Å²) in [5, 5.41) is 11.2. The minimum Gasteiger partial charge on any atom is -0.479 e. The third-order valence-corrected chi connectivity index (χ3v) is 2.77. The summed E-state index contributed by atoms with van der Waals surface area (Å²) in [6, 6.07) is 7.02. The number of rotatable bonds is 5. The molecule has 0 fully saturated rings. The van der Waals surface area contributed by atoms with Crippen LogP contribution in [0, 0.1) is 3.57 Å². The molecule has 6 heteroatoms. The zero-order valence-corrected chi connectivity index (χ0v) is 11.3. The van der Waals surface area contributed by atoms with Gasteiger partial charge in [-0.05, 0) is 40.8 Å². The van der Waals surface area contributed by atoms with E-state index in [1.54, 1.807) is 18.2 Å². The Bertz CT molecular complexity index is 422. The lowest BCUT2D eigenvalue weighted by Gasteiger charge is -2.11. The number of ether oxygens (including phenoxy) is 1. The molecule has 2 N–H and O–H groups in total. The van der Waals surface area contributed by atoms with Crippen LogP contribution in [-0.2, 0) is 9.53 Å². The van der Waals surface area contributed by atoms with Crippen LogP contribution in [0.3, 0.4) is 0 Å². The molecule has 5 nitrogen and oxygen atoms in total. The Balaban J connectivity index is 2.58. The number of hydrogen-bond acceptors (Lipinski definition) is 3. The Morgan fingerprint density at radius 2 is 2.24 bits per heavy atom. The number of carboxylic acids is 1. The first kappa shape index (κ1) is 13.9. The minimum atomic E-state index is -1.10. The molecular formula is C11H12INO4. The molecule has 0 aliphatic rings. The van der Waals surface area contributed by atoms with Gasteiger partial charge in [0.1, 0.15) is 0 Å². The quantitative estimate of drug-likeness (QED) is 0.782. The van der Waals surface area contributed by atoms with E-state index < -0.39 is 12.1 Å². The molecule has 1 amide bonds. The number of carbonyl (C=O) groups excluding carboxylic acids is 1. The Morgan fingerprint density at radius 3 is 2.76 bits per heavy atom. The van der Waals surface area contributed by atoms with E-state index in [2.05, 4.69) is 27.9 Å². The standard InChI is InChI=1S/C11H12INO4/c1-17-9(11(15)16)6-13-10(14)7-3-2-4-8(12)5-7/h2-5,9H,6H2,1H3,(H,13,14)(H,15,16). The maximum absolute atomic E-state index is 11.7. The molecule has 1 aromatic rings. The highest BCUT2D eigenvalue weighted by molar-refractivity contribution is 14.1. The molecule has 92 valence electrons. The van der Waals surface area contributed by atoms with E-state index in [1.807, 2.05) is 6.07 Å². The van der Waals surface area contributed by atoms with E-state index >= 15 is 0 Å². The molecule has 0 bridgehead atoms. The van der Waals surface area contributed by atoms with Gasteiger partial charge >= 0.3 is 5.97 Å². The summed E-state index contributed by atoms with van der Waals surface area (Å²) in [5.41, 5.74) is 0.497. The van der Waals surface area contributed by atoms with Crippen molar-refractivity contribution in [2.75, 3.05) is 13.7 Å². The Kier molecular flexibility index (Phi) is 5.36. The second-order valence-corrected chi connectivity index (χ2v) is 4.53. The van der Waals surface area contributed by atoms with Crippen LogP contribution in [0.1, 0.15) is 10.4 Å². The van der Waals surface area contributed by atoms with Crippen LogP contribution < -0.4 is 5.32 Å². The summed E-state index contributed by atoms with van der Waals surface area (Å²) in [4.78, 5) is 22.3. The summed E-state index contributed by atoms with van der Waals surface area (Å²) in [5.74, 6) is -1.41. The zero-order chi connectivity index (χ0) is 12.8. The predicted octanol–water partition coefficient (Wildman–Crippen LogP) is 1.12. The highest BCUT2D eigenvalue weighted by atomic mass is 127. The smallest absolute Gasteiger partial charge is 0.334 e. The lowest BCUT2D eigenvalue weighted by Crippen LogP contribution is -2.37. The Hall–Kier alpha value is -1.15. The summed E-state index contributed by atoms with van der Waals surface area (Å²) < 4.78 is 5.65. The number of aliphatic carboxylic acids is 1. The van der Waals surface area contributed by atoms with Crippen LogP contribution in [0.15, 0.2) is 24.3 Å². The van der Waals surface area contributed by atoms with Crippen molar-refractivity contribution < 1.29 is 19.4 Å². The fraction of sp³-hybridized carbons (Fsp3) is 0.273. The van der Waals surface area contributed by atoms with Crippen molar-refractivity contribution in [1.82, 2.24) is 5.32 Å². The van der Waals surface area contributed by atoms with Crippen LogP contribution in [0.5, 0.6) is 0 Å². The van der Waals surface area contributed by atoms with Crippen molar-refractivity contribution in [3.63, 3.8) is 0 Å². The summed E-state index contributed by atoms with van der Waals surface area (Å²) in [6.07, 6.45) is -1.03. The molecule has 0 saturated carbocycles. The third-order valence-electron chi connectivity index (χ3n) is 2.09. The topological polar surface area (TPSA) is 75.6 Å². The van der Waals surface area contributed by atoms with Crippen LogP contribution >= 0.6 is 22.6 Å². The lowest BCUT2D eigenvalue weighted by molar-refractivity contribution is -0.148. The molecular weight excluding hydrogens is 337 g/mol.